The van der Waals surface area contributed by atoms with Crippen LogP contribution in [0.15, 0.2) is 6.07 Å². The van der Waals surface area contributed by atoms with Crippen LogP contribution in [0.1, 0.15) is 100 Å². The zero-order valence-electron chi connectivity index (χ0n) is 24.0. The summed E-state index contributed by atoms with van der Waals surface area (Å²) in [5, 5.41) is 10.9. The minimum atomic E-state index is -1.23. The van der Waals surface area contributed by atoms with Gasteiger partial charge in [-0.2, -0.15) is 0 Å². The number of ether oxygens (including phenoxy) is 5. The Labute approximate surface area is 230 Å². The maximum atomic E-state index is 13.3. The predicted octanol–water partition coefficient (Wildman–Crippen LogP) is 5.05. The Morgan fingerprint density at radius 3 is 2.56 bits per heavy atom. The lowest BCUT2D eigenvalue weighted by Crippen LogP contribution is -2.48. The lowest BCUT2D eigenvalue weighted by Gasteiger charge is -2.46. The Morgan fingerprint density at radius 2 is 1.92 bits per heavy atom. The van der Waals surface area contributed by atoms with E-state index in [-0.39, 0.29) is 53.8 Å². The van der Waals surface area contributed by atoms with Gasteiger partial charge in [0, 0.05) is 24.3 Å². The van der Waals surface area contributed by atoms with E-state index in [4.69, 9.17) is 23.7 Å². The first kappa shape index (κ1) is 29.3. The standard InChI is InChI=1S/C30H42O9/c1-7-9-10-11-20-12-18-13-21(31)25(27(33)35-5)26-24(18)22(38-20)15-30(39-26)17(3)19(16-37-30)14-23(32)29(4,8-2)28(34)36-6/h13,17,19-20,22,31H,7-12,14-16H2,1-6H3/t17-,19+,20+,22-,29-,30-/m0/s1. The number of phenols is 1. The number of phenolic OH excluding ortho intramolecular Hbond substituents is 1. The first-order valence-electron chi connectivity index (χ1n) is 14.1. The second-order valence-corrected chi connectivity index (χ2v) is 11.4. The van der Waals surface area contributed by atoms with Crippen molar-refractivity contribution < 1.29 is 43.2 Å². The smallest absolute Gasteiger partial charge is 0.345 e. The number of benzene rings is 1. The molecule has 1 spiro atoms. The molecule has 9 nitrogen and oxygen atoms in total. The number of hydrogen-bond acceptors (Lipinski definition) is 9. The van der Waals surface area contributed by atoms with Gasteiger partial charge in [-0.15, -0.1) is 0 Å². The zero-order valence-corrected chi connectivity index (χ0v) is 24.0. The van der Waals surface area contributed by atoms with E-state index in [1.807, 2.05) is 6.92 Å². The van der Waals surface area contributed by atoms with Gasteiger partial charge in [0.1, 0.15) is 28.3 Å². The Kier molecular flexibility index (Phi) is 8.61. The van der Waals surface area contributed by atoms with E-state index in [0.717, 1.165) is 36.8 Å². The van der Waals surface area contributed by atoms with Crippen LogP contribution < -0.4 is 4.74 Å². The van der Waals surface area contributed by atoms with Crippen molar-refractivity contribution in [3.63, 3.8) is 0 Å². The summed E-state index contributed by atoms with van der Waals surface area (Å²) in [6.07, 6.45) is 5.17. The molecule has 3 aliphatic heterocycles. The van der Waals surface area contributed by atoms with E-state index < -0.39 is 29.2 Å². The van der Waals surface area contributed by atoms with E-state index >= 15 is 0 Å². The average Bonchev–Trinajstić information content (AvgIpc) is 3.20. The third-order valence-electron chi connectivity index (χ3n) is 9.12. The summed E-state index contributed by atoms with van der Waals surface area (Å²) >= 11 is 0. The highest BCUT2D eigenvalue weighted by molar-refractivity contribution is 6.03. The van der Waals surface area contributed by atoms with E-state index in [0.29, 0.717) is 19.3 Å². The summed E-state index contributed by atoms with van der Waals surface area (Å²) in [5.74, 6) is -3.09. The normalized spacial score (nSPS) is 28.8. The van der Waals surface area contributed by atoms with Crippen LogP contribution in [0.4, 0.5) is 0 Å². The van der Waals surface area contributed by atoms with Crippen LogP contribution in [0.25, 0.3) is 0 Å². The molecule has 3 aliphatic rings. The largest absolute Gasteiger partial charge is 0.507 e. The number of carbonyl (C=O) groups excluding carboxylic acids is 3. The van der Waals surface area contributed by atoms with E-state index in [2.05, 4.69) is 6.92 Å². The number of Topliss-reactive ketones (excluding diaryl/α,β-unsaturated/α-hetero) is 1. The van der Waals surface area contributed by atoms with Crippen molar-refractivity contribution in [3.8, 4) is 11.5 Å². The van der Waals surface area contributed by atoms with Crippen molar-refractivity contribution in [1.29, 1.82) is 0 Å². The number of carbonyl (C=O) groups is 3. The molecule has 0 unspecified atom stereocenters. The van der Waals surface area contributed by atoms with Gasteiger partial charge in [-0.05, 0) is 43.7 Å². The number of rotatable bonds is 10. The third kappa shape index (κ3) is 5.15. The summed E-state index contributed by atoms with van der Waals surface area (Å²) in [6, 6.07) is 1.63. The summed E-state index contributed by atoms with van der Waals surface area (Å²) < 4.78 is 29.4. The molecule has 0 radical (unpaired) electrons. The fourth-order valence-corrected chi connectivity index (χ4v) is 6.28. The topological polar surface area (TPSA) is 118 Å². The summed E-state index contributed by atoms with van der Waals surface area (Å²) in [4.78, 5) is 38.5. The molecular formula is C30H42O9. The number of esters is 2. The van der Waals surface area contributed by atoms with Crippen molar-refractivity contribution in [1.82, 2.24) is 0 Å². The van der Waals surface area contributed by atoms with Crippen molar-refractivity contribution in [2.75, 3.05) is 20.8 Å². The molecule has 1 fully saturated rings. The molecule has 216 valence electrons. The highest BCUT2D eigenvalue weighted by atomic mass is 16.7. The van der Waals surface area contributed by atoms with Crippen molar-refractivity contribution >= 4 is 17.7 Å². The minimum absolute atomic E-state index is 0.0279. The monoisotopic (exact) mass is 546 g/mol. The molecule has 9 heteroatoms. The Bertz CT molecular complexity index is 1110. The van der Waals surface area contributed by atoms with Crippen LogP contribution in [0.3, 0.4) is 0 Å². The predicted molar refractivity (Wildman–Crippen MR) is 142 cm³/mol. The van der Waals surface area contributed by atoms with Gasteiger partial charge in [0.2, 0.25) is 5.79 Å². The lowest BCUT2D eigenvalue weighted by atomic mass is 9.75. The SMILES string of the molecule is CCCCC[C@@H]1Cc2cc(O)c(C(=O)OC)c3c2[C@H](C[C@]2(OC[C@@H](CC(=O)[C@](C)(CC)C(=O)OC)[C@@H]2C)O3)O1. The molecule has 0 aliphatic carbocycles. The molecule has 0 bridgehead atoms. The summed E-state index contributed by atoms with van der Waals surface area (Å²) in [5.41, 5.74) is 0.372. The quantitative estimate of drug-likeness (QED) is 0.244. The first-order chi connectivity index (χ1) is 18.5. The van der Waals surface area contributed by atoms with Gasteiger partial charge in [-0.1, -0.05) is 40.0 Å². The van der Waals surface area contributed by atoms with Gasteiger partial charge in [0.15, 0.2) is 0 Å². The second kappa shape index (κ2) is 11.5. The Morgan fingerprint density at radius 1 is 1.18 bits per heavy atom. The molecular weight excluding hydrogens is 504 g/mol. The van der Waals surface area contributed by atoms with Gasteiger partial charge in [0.25, 0.3) is 0 Å². The molecule has 0 aromatic heterocycles. The van der Waals surface area contributed by atoms with Crippen LogP contribution in [-0.2, 0) is 35.0 Å². The molecule has 1 saturated heterocycles. The molecule has 6 atom stereocenters. The lowest BCUT2D eigenvalue weighted by molar-refractivity contribution is -0.214. The number of unbranched alkanes of at least 4 members (excludes halogenated alkanes) is 2. The van der Waals surface area contributed by atoms with E-state index in [9.17, 15) is 19.5 Å². The van der Waals surface area contributed by atoms with Crippen molar-refractivity contribution in [2.24, 2.45) is 17.3 Å². The summed E-state index contributed by atoms with van der Waals surface area (Å²) in [7, 11) is 2.54. The van der Waals surface area contributed by atoms with Crippen molar-refractivity contribution in [3.05, 3.63) is 22.8 Å². The van der Waals surface area contributed by atoms with Crippen LogP contribution >= 0.6 is 0 Å². The summed E-state index contributed by atoms with van der Waals surface area (Å²) in [6.45, 7) is 7.77. The van der Waals surface area contributed by atoms with Crippen molar-refractivity contribution in [2.45, 2.75) is 97.1 Å². The van der Waals surface area contributed by atoms with Gasteiger partial charge < -0.3 is 28.8 Å². The van der Waals surface area contributed by atoms with E-state index in [1.54, 1.807) is 19.9 Å². The van der Waals surface area contributed by atoms with E-state index in [1.165, 1.54) is 14.2 Å². The molecule has 1 N–H and O–H groups in total. The van der Waals surface area contributed by atoms with Gasteiger partial charge in [-0.25, -0.2) is 4.79 Å². The second-order valence-electron chi connectivity index (χ2n) is 11.4. The average molecular weight is 547 g/mol. The maximum Gasteiger partial charge on any atom is 0.345 e. The maximum absolute atomic E-state index is 13.3. The number of methoxy groups -OCH3 is 2. The zero-order chi connectivity index (χ0) is 28.5. The van der Waals surface area contributed by atoms with Gasteiger partial charge >= 0.3 is 11.9 Å². The molecule has 4 rings (SSSR count). The van der Waals surface area contributed by atoms with Gasteiger partial charge in [0.05, 0.1) is 33.0 Å². The molecule has 3 heterocycles. The molecule has 0 saturated carbocycles. The number of ketones is 1. The number of aromatic hydroxyl groups is 1. The minimum Gasteiger partial charge on any atom is -0.507 e. The highest BCUT2D eigenvalue weighted by Crippen LogP contribution is 2.56. The molecule has 1 aromatic rings. The van der Waals surface area contributed by atoms with Crippen LogP contribution in [0.5, 0.6) is 11.5 Å². The Hall–Kier alpha value is -2.65. The Balaban J connectivity index is 1.67. The fourth-order valence-electron chi connectivity index (χ4n) is 6.28. The molecule has 1 aromatic carbocycles. The third-order valence-corrected chi connectivity index (χ3v) is 9.12. The number of hydrogen-bond donors (Lipinski definition) is 1. The van der Waals surface area contributed by atoms with Crippen LogP contribution in [0, 0.1) is 17.3 Å². The molecule has 39 heavy (non-hydrogen) atoms. The van der Waals surface area contributed by atoms with Gasteiger partial charge in [-0.3, -0.25) is 9.59 Å². The highest BCUT2D eigenvalue weighted by Gasteiger charge is 2.57. The van der Waals surface area contributed by atoms with Crippen LogP contribution in [-0.4, -0.2) is 55.5 Å². The molecule has 0 amide bonds. The first-order valence-corrected chi connectivity index (χ1v) is 14.1. The van der Waals surface area contributed by atoms with Crippen LogP contribution in [0.2, 0.25) is 0 Å². The fraction of sp³-hybridized carbons (Fsp3) is 0.700.